The third-order valence-corrected chi connectivity index (χ3v) is 3.09. The molecule has 1 saturated carbocycles. The van der Waals surface area contributed by atoms with Crippen molar-refractivity contribution in [3.8, 4) is 0 Å². The summed E-state index contributed by atoms with van der Waals surface area (Å²) in [5, 5.41) is 14.4. The first kappa shape index (κ1) is 13.8. The van der Waals surface area contributed by atoms with Gasteiger partial charge in [-0.2, -0.15) is 0 Å². The molecule has 1 rings (SSSR count). The van der Waals surface area contributed by atoms with Crippen LogP contribution in [0.4, 0.5) is 0 Å². The van der Waals surface area contributed by atoms with E-state index in [1.165, 1.54) is 0 Å². The van der Waals surface area contributed by atoms with Crippen molar-refractivity contribution in [2.75, 3.05) is 20.3 Å². The molecule has 0 radical (unpaired) electrons. The van der Waals surface area contributed by atoms with Crippen molar-refractivity contribution in [1.29, 1.82) is 0 Å². The first-order valence-corrected chi connectivity index (χ1v) is 5.92. The van der Waals surface area contributed by atoms with Crippen LogP contribution >= 0.6 is 0 Å². The lowest BCUT2D eigenvalue weighted by Crippen LogP contribution is -2.41. The predicted octanol–water partition coefficient (Wildman–Crippen LogP) is 0.446. The third kappa shape index (κ3) is 3.59. The average molecular weight is 243 g/mol. The molecule has 0 bridgehead atoms. The van der Waals surface area contributed by atoms with E-state index in [9.17, 15) is 4.79 Å². The Hall–Kier alpha value is -1.30. The van der Waals surface area contributed by atoms with Crippen LogP contribution < -0.4 is 11.1 Å². The number of nitrogens with zero attached hydrogens (tertiary/aromatic N) is 1. The van der Waals surface area contributed by atoms with Gasteiger partial charge >= 0.3 is 0 Å². The monoisotopic (exact) mass is 243 g/mol. The van der Waals surface area contributed by atoms with Crippen LogP contribution in [0.25, 0.3) is 0 Å². The molecule has 98 valence electrons. The first-order valence-electron chi connectivity index (χ1n) is 5.92. The normalized spacial score (nSPS) is 17.8. The van der Waals surface area contributed by atoms with Gasteiger partial charge in [0.2, 0.25) is 5.91 Å². The molecule has 6 heteroatoms. The second-order valence-electron chi connectivity index (χ2n) is 4.38. The number of hydrogen-bond donors (Lipinski definition) is 3. The molecule has 6 nitrogen and oxygen atoms in total. The summed E-state index contributed by atoms with van der Waals surface area (Å²) in [6, 6.07) is 0. The molecule has 1 amide bonds. The maximum Gasteiger partial charge on any atom is 0.233 e. The lowest BCUT2D eigenvalue weighted by Gasteiger charge is -2.13. The molecule has 0 aromatic rings. The number of amides is 1. The molecule has 1 aliphatic rings. The van der Waals surface area contributed by atoms with Crippen molar-refractivity contribution in [2.24, 2.45) is 16.3 Å². The third-order valence-electron chi connectivity index (χ3n) is 3.09. The number of nitrogens with one attached hydrogen (secondary N) is 1. The van der Waals surface area contributed by atoms with Gasteiger partial charge < -0.3 is 21.0 Å². The van der Waals surface area contributed by atoms with Crippen molar-refractivity contribution in [3.05, 3.63) is 0 Å². The Morgan fingerprint density at radius 3 is 2.71 bits per heavy atom. The summed E-state index contributed by atoms with van der Waals surface area (Å²) < 4.78 is 4.93. The predicted molar refractivity (Wildman–Crippen MR) is 63.8 cm³/mol. The van der Waals surface area contributed by atoms with Crippen molar-refractivity contribution in [2.45, 2.75) is 32.1 Å². The largest absolute Gasteiger partial charge is 0.409 e. The topological polar surface area (TPSA) is 96.9 Å². The number of rotatable bonds is 8. The van der Waals surface area contributed by atoms with Gasteiger partial charge in [0, 0.05) is 20.3 Å². The molecule has 1 fully saturated rings. The minimum Gasteiger partial charge on any atom is -0.409 e. The molecule has 0 unspecified atom stereocenters. The summed E-state index contributed by atoms with van der Waals surface area (Å²) in [4.78, 5) is 11.8. The van der Waals surface area contributed by atoms with Crippen LogP contribution in [-0.4, -0.2) is 37.2 Å². The highest BCUT2D eigenvalue weighted by atomic mass is 16.5. The molecular formula is C11H21N3O3. The van der Waals surface area contributed by atoms with Crippen molar-refractivity contribution >= 4 is 11.7 Å². The zero-order valence-electron chi connectivity index (χ0n) is 10.2. The lowest BCUT2D eigenvalue weighted by molar-refractivity contribution is -0.124. The maximum atomic E-state index is 11.8. The average Bonchev–Trinajstić information content (AvgIpc) is 3.13. The number of methoxy groups -OCH3 is 1. The molecule has 17 heavy (non-hydrogen) atoms. The number of oxime groups is 1. The number of carbonyl (C=O) groups is 1. The SMILES string of the molecule is COCCCCCNC(=O)C1(C(N)=NO)CC1. The number of unbranched alkanes of at least 4 members (excludes halogenated alkanes) is 2. The number of ether oxygens (including phenoxy) is 1. The van der Waals surface area contributed by atoms with Gasteiger partial charge in [-0.1, -0.05) is 5.16 Å². The maximum absolute atomic E-state index is 11.8. The van der Waals surface area contributed by atoms with Crippen molar-refractivity contribution in [3.63, 3.8) is 0 Å². The molecule has 0 aromatic heterocycles. The van der Waals surface area contributed by atoms with Crippen LogP contribution in [0.3, 0.4) is 0 Å². The molecule has 0 heterocycles. The van der Waals surface area contributed by atoms with Crippen LogP contribution in [0, 0.1) is 5.41 Å². The fourth-order valence-electron chi connectivity index (χ4n) is 1.74. The summed E-state index contributed by atoms with van der Waals surface area (Å²) in [6.45, 7) is 1.38. The van der Waals surface area contributed by atoms with E-state index in [4.69, 9.17) is 15.7 Å². The Kier molecular flexibility index (Phi) is 5.21. The summed E-state index contributed by atoms with van der Waals surface area (Å²) >= 11 is 0. The summed E-state index contributed by atoms with van der Waals surface area (Å²) in [5.41, 5.74) is 4.77. The highest BCUT2D eigenvalue weighted by Gasteiger charge is 2.53. The van der Waals surface area contributed by atoms with E-state index in [0.717, 1.165) is 25.9 Å². The fraction of sp³-hybridized carbons (Fsp3) is 0.818. The van der Waals surface area contributed by atoms with Crippen LogP contribution in [0.15, 0.2) is 5.16 Å². The van der Waals surface area contributed by atoms with E-state index < -0.39 is 5.41 Å². The van der Waals surface area contributed by atoms with Crippen LogP contribution in [-0.2, 0) is 9.53 Å². The quantitative estimate of drug-likeness (QED) is 0.189. The minimum atomic E-state index is -0.735. The summed E-state index contributed by atoms with van der Waals surface area (Å²) in [7, 11) is 1.68. The first-order chi connectivity index (χ1) is 8.17. The molecule has 0 saturated heterocycles. The smallest absolute Gasteiger partial charge is 0.233 e. The highest BCUT2D eigenvalue weighted by molar-refractivity contribution is 6.09. The van der Waals surface area contributed by atoms with Crippen molar-refractivity contribution in [1.82, 2.24) is 5.32 Å². The van der Waals surface area contributed by atoms with Crippen molar-refractivity contribution < 1.29 is 14.7 Å². The van der Waals surface area contributed by atoms with E-state index in [-0.39, 0.29) is 11.7 Å². The summed E-state index contributed by atoms with van der Waals surface area (Å²) in [5.74, 6) is -0.103. The van der Waals surface area contributed by atoms with Gasteiger partial charge in [-0.25, -0.2) is 0 Å². The zero-order chi connectivity index (χ0) is 12.7. The molecule has 0 atom stereocenters. The van der Waals surface area contributed by atoms with E-state index in [1.54, 1.807) is 7.11 Å². The lowest BCUT2D eigenvalue weighted by atomic mass is 10.1. The number of nitrogens with two attached hydrogens (primary N) is 1. The van der Waals surface area contributed by atoms with Gasteiger partial charge in [0.05, 0.1) is 0 Å². The van der Waals surface area contributed by atoms with Crippen LogP contribution in [0.1, 0.15) is 32.1 Å². The number of hydrogen-bond acceptors (Lipinski definition) is 4. The van der Waals surface area contributed by atoms with E-state index in [2.05, 4.69) is 10.5 Å². The highest BCUT2D eigenvalue weighted by Crippen LogP contribution is 2.45. The molecular weight excluding hydrogens is 222 g/mol. The number of carbonyl (C=O) groups excluding carboxylic acids is 1. The fourth-order valence-corrected chi connectivity index (χ4v) is 1.74. The zero-order valence-corrected chi connectivity index (χ0v) is 10.2. The van der Waals surface area contributed by atoms with Crippen LogP contribution in [0.2, 0.25) is 0 Å². The van der Waals surface area contributed by atoms with Gasteiger partial charge in [-0.15, -0.1) is 0 Å². The summed E-state index contributed by atoms with van der Waals surface area (Å²) in [6.07, 6.45) is 4.26. The minimum absolute atomic E-state index is 0.0226. The molecule has 1 aliphatic carbocycles. The van der Waals surface area contributed by atoms with E-state index in [1.807, 2.05) is 0 Å². The van der Waals surface area contributed by atoms with Gasteiger partial charge in [-0.3, -0.25) is 4.79 Å². The Bertz CT molecular complexity index is 288. The Morgan fingerprint density at radius 2 is 2.18 bits per heavy atom. The van der Waals surface area contributed by atoms with Gasteiger partial charge in [-0.05, 0) is 32.1 Å². The molecule has 0 spiro atoms. The van der Waals surface area contributed by atoms with Gasteiger partial charge in [0.25, 0.3) is 0 Å². The Labute approximate surface area is 101 Å². The van der Waals surface area contributed by atoms with Gasteiger partial charge in [0.1, 0.15) is 5.41 Å². The standard InChI is InChI=1S/C11H21N3O3/c1-17-8-4-2-3-7-13-10(15)11(5-6-11)9(12)14-16/h16H,2-8H2,1H3,(H2,12,14)(H,13,15). The Morgan fingerprint density at radius 1 is 1.47 bits per heavy atom. The second kappa shape index (κ2) is 6.44. The molecule has 0 aliphatic heterocycles. The van der Waals surface area contributed by atoms with Gasteiger partial charge in [0.15, 0.2) is 5.84 Å². The Balaban J connectivity index is 2.18. The molecule has 0 aromatic carbocycles. The second-order valence-corrected chi connectivity index (χ2v) is 4.38. The molecule has 4 N–H and O–H groups in total. The number of amidine groups is 1. The van der Waals surface area contributed by atoms with Crippen LogP contribution in [0.5, 0.6) is 0 Å². The van der Waals surface area contributed by atoms with E-state index in [0.29, 0.717) is 19.4 Å². The van der Waals surface area contributed by atoms with E-state index >= 15 is 0 Å².